The zero-order valence-corrected chi connectivity index (χ0v) is 16.8. The van der Waals surface area contributed by atoms with Gasteiger partial charge in [0, 0.05) is 17.0 Å². The zero-order valence-electron chi connectivity index (χ0n) is 16.8. The lowest BCUT2D eigenvalue weighted by Crippen LogP contribution is -2.15. The third kappa shape index (κ3) is 3.77. The summed E-state index contributed by atoms with van der Waals surface area (Å²) in [7, 11) is 3.28. The summed E-state index contributed by atoms with van der Waals surface area (Å²) in [6.45, 7) is 2.10. The highest BCUT2D eigenvalue weighted by Gasteiger charge is 2.14. The van der Waals surface area contributed by atoms with Crippen molar-refractivity contribution < 1.29 is 13.9 Å². The second-order valence-corrected chi connectivity index (χ2v) is 7.49. The van der Waals surface area contributed by atoms with Crippen LogP contribution in [0.2, 0.25) is 0 Å². The van der Waals surface area contributed by atoms with E-state index in [0.29, 0.717) is 17.5 Å². The van der Waals surface area contributed by atoms with Crippen molar-refractivity contribution in [2.24, 2.45) is 4.99 Å². The number of nitrogens with zero attached hydrogens (tertiary/aromatic N) is 1. The monoisotopic (exact) mass is 377 g/mol. The van der Waals surface area contributed by atoms with Crippen molar-refractivity contribution in [1.29, 1.82) is 0 Å². The van der Waals surface area contributed by atoms with Crippen LogP contribution in [-0.4, -0.2) is 20.3 Å². The van der Waals surface area contributed by atoms with Crippen molar-refractivity contribution >= 4 is 11.0 Å². The second kappa shape index (κ2) is 8.09. The van der Waals surface area contributed by atoms with Crippen molar-refractivity contribution in [2.75, 3.05) is 14.2 Å². The molecule has 0 radical (unpaired) electrons. The summed E-state index contributed by atoms with van der Waals surface area (Å²) < 4.78 is 17.1. The van der Waals surface area contributed by atoms with Gasteiger partial charge < -0.3 is 13.9 Å². The average Bonchev–Trinajstić information content (AvgIpc) is 2.74. The Hall–Kier alpha value is -2.75. The Morgan fingerprint density at radius 3 is 2.43 bits per heavy atom. The standard InChI is InChI=1S/C24H27NO3/c1-16-9-11-21-19(13-16)20(25-18-7-5-4-6-8-18)15-23(28-21)17-10-12-22(26-2)24(14-17)27-3/h9-15,18H,4-8H2,1-3H3. The molecule has 1 saturated carbocycles. The van der Waals surface area contributed by atoms with Gasteiger partial charge in [-0.25, -0.2) is 0 Å². The average molecular weight is 377 g/mol. The lowest BCUT2D eigenvalue weighted by molar-refractivity contribution is 0.355. The van der Waals surface area contributed by atoms with Gasteiger partial charge in [0.1, 0.15) is 11.3 Å². The van der Waals surface area contributed by atoms with E-state index in [0.717, 1.165) is 27.7 Å². The van der Waals surface area contributed by atoms with Crippen LogP contribution in [0.1, 0.15) is 37.7 Å². The van der Waals surface area contributed by atoms with Crippen LogP contribution < -0.4 is 14.8 Å². The van der Waals surface area contributed by atoms with Gasteiger partial charge in [-0.1, -0.05) is 30.9 Å². The summed E-state index contributed by atoms with van der Waals surface area (Å²) in [6.07, 6.45) is 6.21. The summed E-state index contributed by atoms with van der Waals surface area (Å²) in [5.74, 6) is 2.17. The molecular weight excluding hydrogens is 350 g/mol. The van der Waals surface area contributed by atoms with Crippen LogP contribution in [0.5, 0.6) is 11.5 Å². The first-order chi connectivity index (χ1) is 13.7. The molecule has 2 aromatic carbocycles. The van der Waals surface area contributed by atoms with Gasteiger partial charge in [0.15, 0.2) is 11.5 Å². The molecule has 1 fully saturated rings. The normalized spacial score (nSPS) is 15.8. The first-order valence-corrected chi connectivity index (χ1v) is 9.98. The third-order valence-corrected chi connectivity index (χ3v) is 5.46. The maximum atomic E-state index is 6.25. The van der Waals surface area contributed by atoms with Crippen LogP contribution in [0, 0.1) is 6.92 Å². The van der Waals surface area contributed by atoms with Gasteiger partial charge in [0.25, 0.3) is 0 Å². The van der Waals surface area contributed by atoms with Gasteiger partial charge in [-0.2, -0.15) is 0 Å². The molecule has 1 aromatic heterocycles. The molecule has 0 unspecified atom stereocenters. The minimum absolute atomic E-state index is 0.401. The highest BCUT2D eigenvalue weighted by molar-refractivity contribution is 5.79. The molecule has 1 aliphatic rings. The first-order valence-electron chi connectivity index (χ1n) is 9.98. The van der Waals surface area contributed by atoms with E-state index in [1.54, 1.807) is 14.2 Å². The fourth-order valence-electron chi connectivity index (χ4n) is 3.93. The quantitative estimate of drug-likeness (QED) is 0.589. The summed E-state index contributed by atoms with van der Waals surface area (Å²) >= 11 is 0. The number of hydrogen-bond acceptors (Lipinski definition) is 4. The van der Waals surface area contributed by atoms with Crippen LogP contribution in [0.25, 0.3) is 22.3 Å². The fourth-order valence-corrected chi connectivity index (χ4v) is 3.93. The van der Waals surface area contributed by atoms with E-state index < -0.39 is 0 Å². The van der Waals surface area contributed by atoms with E-state index >= 15 is 0 Å². The summed E-state index contributed by atoms with van der Waals surface area (Å²) in [6, 6.07) is 14.6. The van der Waals surface area contributed by atoms with Crippen LogP contribution in [0.4, 0.5) is 0 Å². The maximum absolute atomic E-state index is 6.25. The minimum Gasteiger partial charge on any atom is -0.493 e. The van der Waals surface area contributed by atoms with Crippen LogP contribution in [0.3, 0.4) is 0 Å². The zero-order chi connectivity index (χ0) is 19.5. The molecule has 3 aromatic rings. The lowest BCUT2D eigenvalue weighted by Gasteiger charge is -2.17. The molecule has 146 valence electrons. The Morgan fingerprint density at radius 2 is 1.68 bits per heavy atom. The summed E-state index contributed by atoms with van der Waals surface area (Å²) in [5.41, 5.74) is 3.01. The van der Waals surface area contributed by atoms with E-state index in [-0.39, 0.29) is 0 Å². The van der Waals surface area contributed by atoms with Crippen molar-refractivity contribution in [2.45, 2.75) is 45.1 Å². The maximum Gasteiger partial charge on any atom is 0.161 e. The van der Waals surface area contributed by atoms with E-state index in [2.05, 4.69) is 25.1 Å². The van der Waals surface area contributed by atoms with Gasteiger partial charge in [-0.15, -0.1) is 0 Å². The van der Waals surface area contributed by atoms with Crippen LogP contribution in [0.15, 0.2) is 51.9 Å². The van der Waals surface area contributed by atoms with E-state index in [9.17, 15) is 0 Å². The molecule has 4 rings (SSSR count). The number of methoxy groups -OCH3 is 2. The number of benzene rings is 2. The van der Waals surface area contributed by atoms with Crippen molar-refractivity contribution in [3.63, 3.8) is 0 Å². The molecule has 4 nitrogen and oxygen atoms in total. The molecule has 0 aliphatic heterocycles. The molecule has 0 N–H and O–H groups in total. The molecule has 1 heterocycles. The predicted octanol–water partition coefficient (Wildman–Crippen LogP) is 5.66. The highest BCUT2D eigenvalue weighted by Crippen LogP contribution is 2.33. The van der Waals surface area contributed by atoms with E-state index in [1.165, 1.54) is 37.7 Å². The van der Waals surface area contributed by atoms with E-state index in [1.807, 2.05) is 24.3 Å². The van der Waals surface area contributed by atoms with Gasteiger partial charge >= 0.3 is 0 Å². The molecule has 0 bridgehead atoms. The summed E-state index contributed by atoms with van der Waals surface area (Å²) in [4.78, 5) is 5.13. The largest absolute Gasteiger partial charge is 0.493 e. The number of hydrogen-bond donors (Lipinski definition) is 0. The van der Waals surface area contributed by atoms with Gasteiger partial charge in [-0.3, -0.25) is 4.99 Å². The molecule has 28 heavy (non-hydrogen) atoms. The molecule has 0 atom stereocenters. The molecular formula is C24H27NO3. The van der Waals surface area contributed by atoms with Crippen molar-refractivity contribution in [3.05, 3.63) is 53.4 Å². The molecule has 0 saturated heterocycles. The van der Waals surface area contributed by atoms with Gasteiger partial charge in [-0.05, 0) is 50.1 Å². The summed E-state index contributed by atoms with van der Waals surface area (Å²) in [5, 5.41) is 2.09. The number of aryl methyl sites for hydroxylation is 1. The van der Waals surface area contributed by atoms with Crippen LogP contribution >= 0.6 is 0 Å². The van der Waals surface area contributed by atoms with Gasteiger partial charge in [0.05, 0.1) is 25.6 Å². The molecule has 4 heteroatoms. The Morgan fingerprint density at radius 1 is 0.893 bits per heavy atom. The number of fused-ring (bicyclic) bond motifs is 1. The number of rotatable bonds is 4. The Bertz CT molecular complexity index is 1050. The Kier molecular flexibility index (Phi) is 5.38. The van der Waals surface area contributed by atoms with Crippen molar-refractivity contribution in [3.8, 4) is 22.8 Å². The highest BCUT2D eigenvalue weighted by atomic mass is 16.5. The third-order valence-electron chi connectivity index (χ3n) is 5.46. The molecule has 0 spiro atoms. The molecule has 1 aliphatic carbocycles. The first kappa shape index (κ1) is 18.6. The molecule has 0 amide bonds. The van der Waals surface area contributed by atoms with Crippen LogP contribution in [-0.2, 0) is 0 Å². The second-order valence-electron chi connectivity index (χ2n) is 7.49. The smallest absolute Gasteiger partial charge is 0.161 e. The predicted molar refractivity (Wildman–Crippen MR) is 112 cm³/mol. The number of ether oxygens (including phenoxy) is 2. The van der Waals surface area contributed by atoms with Gasteiger partial charge in [0.2, 0.25) is 0 Å². The van der Waals surface area contributed by atoms with E-state index in [4.69, 9.17) is 18.9 Å². The topological polar surface area (TPSA) is 44.0 Å². The van der Waals surface area contributed by atoms with Crippen molar-refractivity contribution in [1.82, 2.24) is 0 Å². The fraction of sp³-hybridized carbons (Fsp3) is 0.375. The Labute approximate surface area is 165 Å². The Balaban J connectivity index is 1.88. The minimum atomic E-state index is 0.401. The SMILES string of the molecule is COc1ccc(-c2cc(=NC3CCCCC3)c3cc(C)ccc3o2)cc1OC. The lowest BCUT2D eigenvalue weighted by atomic mass is 9.96.